The van der Waals surface area contributed by atoms with Gasteiger partial charge in [-0.15, -0.1) is 12.4 Å². The monoisotopic (exact) mass is 288 g/mol. The van der Waals surface area contributed by atoms with Crippen LogP contribution in [0.25, 0.3) is 0 Å². The molecule has 0 aliphatic carbocycles. The van der Waals surface area contributed by atoms with Crippen LogP contribution in [0.5, 0.6) is 0 Å². The molecule has 0 unspecified atom stereocenters. The standard InChI is InChI=1S/C12H16N2O4.ClH/c1-17-11(15)10(7-13)14-12(16)18-8-9-5-3-2-4-6-9;/h2-6,10H,7-8,13H2,1H3,(H,14,16);1H/t10-;/m0./s1. The van der Waals surface area contributed by atoms with Gasteiger partial charge in [-0.3, -0.25) is 0 Å². The quantitative estimate of drug-likeness (QED) is 0.783. The normalized spacial score (nSPS) is 10.8. The number of carbonyl (C=O) groups excluding carboxylic acids is 2. The molecule has 0 aliphatic heterocycles. The molecule has 0 aliphatic rings. The Morgan fingerprint density at radius 2 is 1.95 bits per heavy atom. The van der Waals surface area contributed by atoms with E-state index < -0.39 is 18.1 Å². The minimum atomic E-state index is -0.890. The van der Waals surface area contributed by atoms with Crippen LogP contribution in [-0.2, 0) is 20.9 Å². The Hall–Kier alpha value is -1.79. The summed E-state index contributed by atoms with van der Waals surface area (Å²) in [5.41, 5.74) is 6.19. The van der Waals surface area contributed by atoms with Gasteiger partial charge in [0.25, 0.3) is 0 Å². The van der Waals surface area contributed by atoms with E-state index in [-0.39, 0.29) is 25.6 Å². The van der Waals surface area contributed by atoms with Gasteiger partial charge in [0.05, 0.1) is 7.11 Å². The van der Waals surface area contributed by atoms with Crippen LogP contribution in [0.1, 0.15) is 5.56 Å². The maximum atomic E-state index is 11.4. The minimum absolute atomic E-state index is 0. The third-order valence-corrected chi connectivity index (χ3v) is 2.23. The molecule has 0 heterocycles. The van der Waals surface area contributed by atoms with Crippen molar-refractivity contribution >= 4 is 24.5 Å². The molecule has 1 aromatic rings. The molecule has 0 saturated carbocycles. The summed E-state index contributed by atoms with van der Waals surface area (Å²) >= 11 is 0. The molecule has 0 fully saturated rings. The summed E-state index contributed by atoms with van der Waals surface area (Å²) in [7, 11) is 1.22. The summed E-state index contributed by atoms with van der Waals surface area (Å²) in [6.45, 7) is 0.0816. The molecule has 6 nitrogen and oxygen atoms in total. The highest BCUT2D eigenvalue weighted by atomic mass is 35.5. The molecular weight excluding hydrogens is 272 g/mol. The van der Waals surface area contributed by atoms with Gasteiger partial charge in [-0.05, 0) is 5.56 Å². The van der Waals surface area contributed by atoms with Crippen LogP contribution in [0, 0.1) is 0 Å². The molecule has 106 valence electrons. The Balaban J connectivity index is 0.00000324. The number of nitrogens with one attached hydrogen (secondary N) is 1. The van der Waals surface area contributed by atoms with Crippen LogP contribution in [0.2, 0.25) is 0 Å². The second-order valence-electron chi connectivity index (χ2n) is 3.52. The number of hydrogen-bond donors (Lipinski definition) is 2. The second kappa shape index (κ2) is 9.18. The lowest BCUT2D eigenvalue weighted by molar-refractivity contribution is -0.142. The first-order valence-corrected chi connectivity index (χ1v) is 5.42. The van der Waals surface area contributed by atoms with Gasteiger partial charge in [-0.2, -0.15) is 0 Å². The molecule has 1 amide bonds. The molecule has 0 bridgehead atoms. The third-order valence-electron chi connectivity index (χ3n) is 2.23. The number of esters is 1. The molecule has 7 heteroatoms. The van der Waals surface area contributed by atoms with Crippen molar-refractivity contribution < 1.29 is 19.1 Å². The fraction of sp³-hybridized carbons (Fsp3) is 0.333. The highest BCUT2D eigenvalue weighted by Crippen LogP contribution is 2.00. The first-order chi connectivity index (χ1) is 8.67. The molecule has 19 heavy (non-hydrogen) atoms. The summed E-state index contributed by atoms with van der Waals surface area (Å²) in [5.74, 6) is -0.603. The zero-order chi connectivity index (χ0) is 13.4. The fourth-order valence-corrected chi connectivity index (χ4v) is 1.26. The lowest BCUT2D eigenvalue weighted by Gasteiger charge is -2.14. The number of carbonyl (C=O) groups is 2. The molecule has 1 rings (SSSR count). The van der Waals surface area contributed by atoms with Crippen molar-refractivity contribution in [1.82, 2.24) is 5.32 Å². The fourth-order valence-electron chi connectivity index (χ4n) is 1.26. The van der Waals surface area contributed by atoms with Crippen LogP contribution >= 0.6 is 12.4 Å². The zero-order valence-corrected chi connectivity index (χ0v) is 11.3. The molecule has 0 radical (unpaired) electrons. The Morgan fingerprint density at radius 3 is 2.47 bits per heavy atom. The van der Waals surface area contributed by atoms with Crippen LogP contribution in [-0.4, -0.2) is 31.8 Å². The van der Waals surface area contributed by atoms with Crippen molar-refractivity contribution in [2.24, 2.45) is 5.73 Å². The van der Waals surface area contributed by atoms with E-state index in [0.29, 0.717) is 0 Å². The van der Waals surface area contributed by atoms with E-state index in [1.165, 1.54) is 7.11 Å². The molecule has 1 atom stereocenters. The van der Waals surface area contributed by atoms with Gasteiger partial charge in [-0.1, -0.05) is 30.3 Å². The summed E-state index contributed by atoms with van der Waals surface area (Å²) in [4.78, 5) is 22.6. The predicted molar refractivity (Wildman–Crippen MR) is 71.9 cm³/mol. The van der Waals surface area contributed by atoms with Gasteiger partial charge in [0.1, 0.15) is 12.6 Å². The van der Waals surface area contributed by atoms with Crippen molar-refractivity contribution in [2.75, 3.05) is 13.7 Å². The van der Waals surface area contributed by atoms with Crippen LogP contribution in [0.3, 0.4) is 0 Å². The number of amides is 1. The van der Waals surface area contributed by atoms with E-state index in [9.17, 15) is 9.59 Å². The summed E-state index contributed by atoms with van der Waals surface area (Å²) in [6, 6.07) is 8.31. The van der Waals surface area contributed by atoms with Gasteiger partial charge in [0, 0.05) is 6.54 Å². The molecule has 0 saturated heterocycles. The van der Waals surface area contributed by atoms with E-state index in [0.717, 1.165) is 5.56 Å². The summed E-state index contributed by atoms with van der Waals surface area (Å²) in [5, 5.41) is 2.33. The highest BCUT2D eigenvalue weighted by molar-refractivity contribution is 5.85. The largest absolute Gasteiger partial charge is 0.467 e. The zero-order valence-electron chi connectivity index (χ0n) is 10.5. The number of alkyl carbamates (subject to hydrolysis) is 1. The maximum absolute atomic E-state index is 11.4. The number of benzene rings is 1. The molecule has 0 aromatic heterocycles. The lowest BCUT2D eigenvalue weighted by atomic mass is 10.2. The minimum Gasteiger partial charge on any atom is -0.467 e. The van der Waals surface area contributed by atoms with Crippen LogP contribution in [0.15, 0.2) is 30.3 Å². The molecule has 0 spiro atoms. The maximum Gasteiger partial charge on any atom is 0.408 e. The first-order valence-electron chi connectivity index (χ1n) is 5.42. The van der Waals surface area contributed by atoms with Crippen molar-refractivity contribution in [1.29, 1.82) is 0 Å². The summed E-state index contributed by atoms with van der Waals surface area (Å²) in [6.07, 6.45) is -0.709. The Bertz CT molecular complexity index is 400. The smallest absolute Gasteiger partial charge is 0.408 e. The number of nitrogens with two attached hydrogens (primary N) is 1. The highest BCUT2D eigenvalue weighted by Gasteiger charge is 2.20. The van der Waals surface area contributed by atoms with Gasteiger partial charge < -0.3 is 20.5 Å². The van der Waals surface area contributed by atoms with Crippen LogP contribution in [0.4, 0.5) is 4.79 Å². The van der Waals surface area contributed by atoms with Crippen molar-refractivity contribution in [3.8, 4) is 0 Å². The van der Waals surface area contributed by atoms with E-state index in [2.05, 4.69) is 10.1 Å². The Labute approximate surface area is 117 Å². The van der Waals surface area contributed by atoms with Gasteiger partial charge in [0.2, 0.25) is 0 Å². The predicted octanol–water partition coefficient (Wildman–Crippen LogP) is 0.835. The van der Waals surface area contributed by atoms with Crippen molar-refractivity contribution in [3.63, 3.8) is 0 Å². The van der Waals surface area contributed by atoms with Crippen molar-refractivity contribution in [3.05, 3.63) is 35.9 Å². The lowest BCUT2D eigenvalue weighted by Crippen LogP contribution is -2.46. The van der Waals surface area contributed by atoms with Gasteiger partial charge in [-0.25, -0.2) is 9.59 Å². The number of methoxy groups -OCH3 is 1. The van der Waals surface area contributed by atoms with E-state index in [1.54, 1.807) is 0 Å². The number of hydrogen-bond acceptors (Lipinski definition) is 5. The third kappa shape index (κ3) is 6.08. The molecular formula is C12H17ClN2O4. The van der Waals surface area contributed by atoms with Gasteiger partial charge in [0.15, 0.2) is 0 Å². The Morgan fingerprint density at radius 1 is 1.32 bits per heavy atom. The number of rotatable bonds is 5. The molecule has 1 aromatic carbocycles. The second-order valence-corrected chi connectivity index (χ2v) is 3.52. The SMILES string of the molecule is COC(=O)[C@H](CN)NC(=O)OCc1ccccc1.Cl. The first kappa shape index (κ1) is 17.2. The van der Waals surface area contributed by atoms with Crippen molar-refractivity contribution in [2.45, 2.75) is 12.6 Å². The van der Waals surface area contributed by atoms with E-state index in [4.69, 9.17) is 10.5 Å². The average Bonchev–Trinajstić information content (AvgIpc) is 2.42. The Kier molecular flexibility index (Phi) is 8.32. The van der Waals surface area contributed by atoms with E-state index >= 15 is 0 Å². The number of ether oxygens (including phenoxy) is 2. The van der Waals surface area contributed by atoms with Gasteiger partial charge >= 0.3 is 12.1 Å². The summed E-state index contributed by atoms with van der Waals surface area (Å²) < 4.78 is 9.42. The molecule has 3 N–H and O–H groups in total. The average molecular weight is 289 g/mol. The topological polar surface area (TPSA) is 90.6 Å². The van der Waals surface area contributed by atoms with Crippen LogP contribution < -0.4 is 11.1 Å². The van der Waals surface area contributed by atoms with E-state index in [1.807, 2.05) is 30.3 Å². The number of halogens is 1.